The highest BCUT2D eigenvalue weighted by Gasteiger charge is 2.37. The van der Waals surface area contributed by atoms with Gasteiger partial charge in [0.25, 0.3) is 0 Å². The maximum atomic E-state index is 12.4. The van der Waals surface area contributed by atoms with Crippen molar-refractivity contribution in [3.8, 4) is 0 Å². The summed E-state index contributed by atoms with van der Waals surface area (Å²) in [6.07, 6.45) is 6.64. The van der Waals surface area contributed by atoms with Crippen LogP contribution in [-0.2, 0) is 4.79 Å². The molecule has 1 aliphatic carbocycles. The molecular weight excluding hydrogens is 234 g/mol. The van der Waals surface area contributed by atoms with Gasteiger partial charge in [0.15, 0.2) is 0 Å². The molecule has 2 fully saturated rings. The second kappa shape index (κ2) is 5.17. The van der Waals surface area contributed by atoms with Crippen molar-refractivity contribution in [2.24, 2.45) is 17.3 Å². The van der Waals surface area contributed by atoms with E-state index in [9.17, 15) is 4.79 Å². The molecule has 0 N–H and O–H groups in total. The molecule has 1 aliphatic heterocycles. The van der Waals surface area contributed by atoms with Crippen LogP contribution in [0.1, 0.15) is 46.0 Å². The Bertz CT molecular complexity index is 290. The van der Waals surface area contributed by atoms with Crippen molar-refractivity contribution in [2.45, 2.75) is 46.0 Å². The summed E-state index contributed by atoms with van der Waals surface area (Å²) in [5.41, 5.74) is -0.400. The molecule has 1 amide bonds. The number of amides is 1. The number of likely N-dealkylation sites (tertiary alicyclic amines) is 1. The van der Waals surface area contributed by atoms with E-state index in [1.54, 1.807) is 0 Å². The first-order valence-corrected chi connectivity index (χ1v) is 7.43. The van der Waals surface area contributed by atoms with Crippen molar-refractivity contribution >= 4 is 17.5 Å². The minimum absolute atomic E-state index is 0.247. The third-order valence-corrected chi connectivity index (χ3v) is 5.16. The van der Waals surface area contributed by atoms with Crippen LogP contribution in [0.4, 0.5) is 0 Å². The SMILES string of the molecule is CC(C)(CCl)C(=O)N1CCC2CCCCC2C1. The van der Waals surface area contributed by atoms with E-state index in [1.165, 1.54) is 32.1 Å². The van der Waals surface area contributed by atoms with Crippen molar-refractivity contribution < 1.29 is 4.79 Å². The van der Waals surface area contributed by atoms with Crippen molar-refractivity contribution in [2.75, 3.05) is 19.0 Å². The Morgan fingerprint density at radius 2 is 1.88 bits per heavy atom. The van der Waals surface area contributed by atoms with Crippen LogP contribution in [0, 0.1) is 17.3 Å². The Labute approximate surface area is 110 Å². The lowest BCUT2D eigenvalue weighted by Crippen LogP contribution is -2.49. The first-order valence-electron chi connectivity index (χ1n) is 6.90. The Balaban J connectivity index is 1.98. The van der Waals surface area contributed by atoms with E-state index in [2.05, 4.69) is 4.90 Å². The van der Waals surface area contributed by atoms with Gasteiger partial charge in [0, 0.05) is 19.0 Å². The van der Waals surface area contributed by atoms with Crippen LogP contribution < -0.4 is 0 Å². The number of alkyl halides is 1. The predicted molar refractivity (Wildman–Crippen MR) is 71.1 cm³/mol. The molecule has 98 valence electrons. The smallest absolute Gasteiger partial charge is 0.229 e. The molecule has 1 saturated heterocycles. The molecule has 1 saturated carbocycles. The summed E-state index contributed by atoms with van der Waals surface area (Å²) in [4.78, 5) is 14.4. The Hall–Kier alpha value is -0.240. The van der Waals surface area contributed by atoms with E-state index in [0.717, 1.165) is 24.9 Å². The fraction of sp³-hybridized carbons (Fsp3) is 0.929. The molecule has 17 heavy (non-hydrogen) atoms. The molecule has 2 aliphatic rings. The second-order valence-corrected chi connectivity index (χ2v) is 6.63. The number of rotatable bonds is 2. The Kier molecular flexibility index (Phi) is 4.02. The van der Waals surface area contributed by atoms with Crippen molar-refractivity contribution in [3.63, 3.8) is 0 Å². The lowest BCUT2D eigenvalue weighted by Gasteiger charge is -2.43. The number of fused-ring (bicyclic) bond motifs is 1. The van der Waals surface area contributed by atoms with Crippen LogP contribution in [0.15, 0.2) is 0 Å². The van der Waals surface area contributed by atoms with Gasteiger partial charge < -0.3 is 4.90 Å². The Morgan fingerprint density at radius 1 is 1.24 bits per heavy atom. The highest BCUT2D eigenvalue weighted by atomic mass is 35.5. The van der Waals surface area contributed by atoms with Crippen LogP contribution >= 0.6 is 11.6 Å². The van der Waals surface area contributed by atoms with Gasteiger partial charge in [-0.2, -0.15) is 0 Å². The summed E-state index contributed by atoms with van der Waals surface area (Å²) in [5, 5.41) is 0. The summed E-state index contributed by atoms with van der Waals surface area (Å²) in [6.45, 7) is 5.83. The van der Waals surface area contributed by atoms with Gasteiger partial charge in [-0.25, -0.2) is 0 Å². The van der Waals surface area contributed by atoms with E-state index in [-0.39, 0.29) is 5.91 Å². The molecule has 2 unspecified atom stereocenters. The van der Waals surface area contributed by atoms with Gasteiger partial charge in [-0.3, -0.25) is 4.79 Å². The van der Waals surface area contributed by atoms with Gasteiger partial charge in [-0.15, -0.1) is 11.6 Å². The van der Waals surface area contributed by atoms with E-state index in [4.69, 9.17) is 11.6 Å². The number of hydrogen-bond acceptors (Lipinski definition) is 1. The summed E-state index contributed by atoms with van der Waals surface area (Å²) in [6, 6.07) is 0. The van der Waals surface area contributed by atoms with Crippen LogP contribution in [0.2, 0.25) is 0 Å². The monoisotopic (exact) mass is 257 g/mol. The van der Waals surface area contributed by atoms with E-state index in [1.807, 2.05) is 13.8 Å². The van der Waals surface area contributed by atoms with E-state index in [0.29, 0.717) is 5.88 Å². The van der Waals surface area contributed by atoms with Crippen molar-refractivity contribution in [1.29, 1.82) is 0 Å². The Morgan fingerprint density at radius 3 is 2.53 bits per heavy atom. The second-order valence-electron chi connectivity index (χ2n) is 6.36. The zero-order valence-corrected chi connectivity index (χ0v) is 11.8. The summed E-state index contributed by atoms with van der Waals surface area (Å²) in [7, 11) is 0. The molecular formula is C14H24ClNO. The van der Waals surface area contributed by atoms with Crippen LogP contribution in [-0.4, -0.2) is 29.8 Å². The highest BCUT2D eigenvalue weighted by molar-refractivity contribution is 6.19. The standard InChI is InChI=1S/C14H24ClNO/c1-14(2,10-15)13(17)16-8-7-11-5-3-4-6-12(11)9-16/h11-12H,3-10H2,1-2H3. The van der Waals surface area contributed by atoms with Gasteiger partial charge in [0.05, 0.1) is 5.41 Å². The van der Waals surface area contributed by atoms with Gasteiger partial charge in [-0.1, -0.05) is 19.3 Å². The quantitative estimate of drug-likeness (QED) is 0.695. The van der Waals surface area contributed by atoms with Gasteiger partial charge >= 0.3 is 0 Å². The highest BCUT2D eigenvalue weighted by Crippen LogP contribution is 2.37. The molecule has 2 atom stereocenters. The predicted octanol–water partition coefficient (Wildman–Crippen LogP) is 3.29. The van der Waals surface area contributed by atoms with Crippen molar-refractivity contribution in [3.05, 3.63) is 0 Å². The summed E-state index contributed by atoms with van der Waals surface area (Å²) < 4.78 is 0. The minimum Gasteiger partial charge on any atom is -0.342 e. The number of hydrogen-bond donors (Lipinski definition) is 0. The van der Waals surface area contributed by atoms with Crippen LogP contribution in [0.3, 0.4) is 0 Å². The normalized spacial score (nSPS) is 29.9. The minimum atomic E-state index is -0.400. The lowest BCUT2D eigenvalue weighted by molar-refractivity contribution is -0.142. The number of carbonyl (C=O) groups excluding carboxylic acids is 1. The molecule has 0 aromatic heterocycles. The lowest BCUT2D eigenvalue weighted by atomic mass is 9.74. The molecule has 1 heterocycles. The number of piperidine rings is 1. The molecule has 3 heteroatoms. The zero-order valence-electron chi connectivity index (χ0n) is 11.0. The zero-order chi connectivity index (χ0) is 12.5. The van der Waals surface area contributed by atoms with E-state index < -0.39 is 5.41 Å². The molecule has 0 aromatic rings. The maximum Gasteiger partial charge on any atom is 0.229 e. The topological polar surface area (TPSA) is 20.3 Å². The fourth-order valence-electron chi connectivity index (χ4n) is 3.27. The first-order chi connectivity index (χ1) is 8.04. The third-order valence-electron chi connectivity index (χ3n) is 4.49. The number of nitrogens with zero attached hydrogens (tertiary/aromatic N) is 1. The largest absolute Gasteiger partial charge is 0.342 e. The average molecular weight is 258 g/mol. The molecule has 0 bridgehead atoms. The van der Waals surface area contributed by atoms with Crippen LogP contribution in [0.25, 0.3) is 0 Å². The molecule has 0 aromatic carbocycles. The molecule has 2 nitrogen and oxygen atoms in total. The summed E-state index contributed by atoms with van der Waals surface area (Å²) >= 11 is 5.90. The molecule has 0 spiro atoms. The van der Waals surface area contributed by atoms with Gasteiger partial charge in [-0.05, 0) is 38.5 Å². The van der Waals surface area contributed by atoms with Crippen LogP contribution in [0.5, 0.6) is 0 Å². The molecule has 0 radical (unpaired) electrons. The van der Waals surface area contributed by atoms with Gasteiger partial charge in [0.2, 0.25) is 5.91 Å². The fourth-order valence-corrected chi connectivity index (χ4v) is 3.38. The average Bonchev–Trinajstić information content (AvgIpc) is 2.37. The number of halogens is 1. The first kappa shape index (κ1) is 13.2. The maximum absolute atomic E-state index is 12.4. The molecule has 2 rings (SSSR count). The van der Waals surface area contributed by atoms with Gasteiger partial charge in [0.1, 0.15) is 0 Å². The number of carbonyl (C=O) groups is 1. The third kappa shape index (κ3) is 2.78. The van der Waals surface area contributed by atoms with Crippen molar-refractivity contribution in [1.82, 2.24) is 4.90 Å². The summed E-state index contributed by atoms with van der Waals surface area (Å²) in [5.74, 6) is 2.30. The van der Waals surface area contributed by atoms with E-state index >= 15 is 0 Å².